The number of hydrogen-bond acceptors (Lipinski definition) is 1. The summed E-state index contributed by atoms with van der Waals surface area (Å²) in [6.45, 7) is 0.806. The maximum Gasteiger partial charge on any atom is 0.263 e. The van der Waals surface area contributed by atoms with Crippen molar-refractivity contribution in [3.63, 3.8) is 0 Å². The molecule has 0 unspecified atom stereocenters. The average Bonchev–Trinajstić information content (AvgIpc) is 2.19. The van der Waals surface area contributed by atoms with Crippen LogP contribution in [0.1, 0.15) is 12.8 Å². The second kappa shape index (κ2) is 1.45. The van der Waals surface area contributed by atoms with Crippen LogP contribution in [0.4, 0.5) is 8.78 Å². The molecule has 3 heteroatoms. The summed E-state index contributed by atoms with van der Waals surface area (Å²) in [7, 11) is 0. The molecule has 1 N–H and O–H groups in total. The van der Waals surface area contributed by atoms with Gasteiger partial charge in [-0.15, -0.1) is 0 Å². The van der Waals surface area contributed by atoms with E-state index < -0.39 is 12.0 Å². The smallest absolute Gasteiger partial charge is 0.263 e. The molecule has 1 aliphatic heterocycles. The zero-order valence-electron chi connectivity index (χ0n) is 5.03. The molecule has 0 aromatic heterocycles. The lowest BCUT2D eigenvalue weighted by Crippen LogP contribution is -2.41. The molecule has 2 bridgehead atoms. The Hall–Kier alpha value is -0.180. The molecule has 0 radical (unpaired) electrons. The van der Waals surface area contributed by atoms with Gasteiger partial charge < -0.3 is 5.32 Å². The van der Waals surface area contributed by atoms with Crippen LogP contribution in [-0.4, -0.2) is 18.5 Å². The molecule has 52 valence electrons. The lowest BCUT2D eigenvalue weighted by molar-refractivity contribution is -0.0304. The summed E-state index contributed by atoms with van der Waals surface area (Å²) in [5, 5.41) is 2.80. The third kappa shape index (κ3) is 0.674. The van der Waals surface area contributed by atoms with Crippen LogP contribution >= 0.6 is 0 Å². The highest BCUT2D eigenvalue weighted by Crippen LogP contribution is 2.42. The first kappa shape index (κ1) is 5.59. The summed E-state index contributed by atoms with van der Waals surface area (Å²) in [6.07, 6.45) is 0.803. The molecular formula is C6H9F2N. The van der Waals surface area contributed by atoms with Crippen molar-refractivity contribution in [3.8, 4) is 0 Å². The van der Waals surface area contributed by atoms with Crippen molar-refractivity contribution in [3.05, 3.63) is 0 Å². The molecule has 2 aliphatic rings. The number of fused-ring (bicyclic) bond motifs is 2. The van der Waals surface area contributed by atoms with Crippen LogP contribution in [0.25, 0.3) is 0 Å². The predicted molar refractivity (Wildman–Crippen MR) is 29.5 cm³/mol. The third-order valence-electron chi connectivity index (χ3n) is 2.29. The van der Waals surface area contributed by atoms with Crippen LogP contribution in [0.3, 0.4) is 0 Å². The van der Waals surface area contributed by atoms with E-state index in [1.807, 2.05) is 0 Å². The van der Waals surface area contributed by atoms with Gasteiger partial charge in [0.15, 0.2) is 0 Å². The molecule has 0 spiro atoms. The van der Waals surface area contributed by atoms with Crippen LogP contribution in [0, 0.1) is 5.92 Å². The third-order valence-corrected chi connectivity index (χ3v) is 2.29. The zero-order valence-corrected chi connectivity index (χ0v) is 5.03. The van der Waals surface area contributed by atoms with Gasteiger partial charge in [-0.05, 0) is 18.9 Å². The summed E-state index contributed by atoms with van der Waals surface area (Å²) in [6, 6.07) is -0.498. The molecule has 9 heavy (non-hydrogen) atoms. The molecular weight excluding hydrogens is 124 g/mol. The topological polar surface area (TPSA) is 12.0 Å². The molecule has 2 atom stereocenters. The molecule has 1 saturated carbocycles. The largest absolute Gasteiger partial charge is 0.308 e. The van der Waals surface area contributed by atoms with Gasteiger partial charge in [0.05, 0.1) is 6.04 Å². The fourth-order valence-electron chi connectivity index (χ4n) is 1.81. The van der Waals surface area contributed by atoms with E-state index in [9.17, 15) is 8.78 Å². The molecule has 0 aromatic rings. The summed E-state index contributed by atoms with van der Waals surface area (Å²) < 4.78 is 25.2. The van der Waals surface area contributed by atoms with Crippen molar-refractivity contribution < 1.29 is 8.78 Å². The van der Waals surface area contributed by atoms with Gasteiger partial charge >= 0.3 is 0 Å². The highest BCUT2D eigenvalue weighted by molar-refractivity contribution is 5.00. The predicted octanol–water partition coefficient (Wildman–Crippen LogP) is 1.00. The summed E-state index contributed by atoms with van der Waals surface area (Å²) in [5.41, 5.74) is 0. The van der Waals surface area contributed by atoms with Gasteiger partial charge in [0.25, 0.3) is 5.92 Å². The molecule has 2 rings (SSSR count). The van der Waals surface area contributed by atoms with Crippen molar-refractivity contribution in [2.45, 2.75) is 24.8 Å². The minimum Gasteiger partial charge on any atom is -0.308 e. The van der Waals surface area contributed by atoms with E-state index in [1.54, 1.807) is 0 Å². The van der Waals surface area contributed by atoms with Crippen LogP contribution in [0.5, 0.6) is 0 Å². The van der Waals surface area contributed by atoms with Gasteiger partial charge in [-0.2, -0.15) is 0 Å². The first-order chi connectivity index (χ1) is 4.18. The minimum atomic E-state index is -2.40. The Kier molecular flexibility index (Phi) is 0.903. The molecule has 1 heterocycles. The van der Waals surface area contributed by atoms with Crippen molar-refractivity contribution >= 4 is 0 Å². The molecule has 1 nitrogen and oxygen atoms in total. The number of hydrogen-bond donors (Lipinski definition) is 1. The van der Waals surface area contributed by atoms with Gasteiger partial charge in [-0.1, -0.05) is 0 Å². The van der Waals surface area contributed by atoms with E-state index in [2.05, 4.69) is 5.32 Å². The second-order valence-electron chi connectivity index (χ2n) is 3.03. The zero-order chi connectivity index (χ0) is 6.48. The normalized spacial score (nSPS) is 46.0. The number of alkyl halides is 2. The van der Waals surface area contributed by atoms with E-state index in [0.29, 0.717) is 6.42 Å². The maximum absolute atomic E-state index is 12.6. The van der Waals surface area contributed by atoms with E-state index in [0.717, 1.165) is 6.54 Å². The number of nitrogens with one attached hydrogen (secondary N) is 1. The Balaban J connectivity index is 2.18. The molecule has 0 amide bonds. The molecule has 1 aliphatic carbocycles. The van der Waals surface area contributed by atoms with Crippen molar-refractivity contribution in [2.75, 3.05) is 6.54 Å². The fourth-order valence-corrected chi connectivity index (χ4v) is 1.81. The fraction of sp³-hybridized carbons (Fsp3) is 1.00. The Bertz CT molecular complexity index is 135. The van der Waals surface area contributed by atoms with Crippen LogP contribution in [0.15, 0.2) is 0 Å². The lowest BCUT2D eigenvalue weighted by atomic mass is 10.1. The number of halogens is 2. The van der Waals surface area contributed by atoms with Crippen LogP contribution < -0.4 is 5.32 Å². The van der Waals surface area contributed by atoms with Crippen molar-refractivity contribution in [1.82, 2.24) is 5.32 Å². The molecule has 0 aromatic carbocycles. The summed E-state index contributed by atoms with van der Waals surface area (Å²) in [4.78, 5) is 0. The first-order valence-corrected chi connectivity index (χ1v) is 3.30. The van der Waals surface area contributed by atoms with Crippen LogP contribution in [-0.2, 0) is 0 Å². The quantitative estimate of drug-likeness (QED) is 0.520. The second-order valence-corrected chi connectivity index (χ2v) is 3.03. The lowest BCUT2D eigenvalue weighted by Gasteiger charge is -2.21. The van der Waals surface area contributed by atoms with E-state index in [-0.39, 0.29) is 12.3 Å². The maximum atomic E-state index is 12.6. The Morgan fingerprint density at radius 3 is 2.44 bits per heavy atom. The highest BCUT2D eigenvalue weighted by atomic mass is 19.3. The summed E-state index contributed by atoms with van der Waals surface area (Å²) in [5.74, 6) is -2.15. The van der Waals surface area contributed by atoms with E-state index in [4.69, 9.17) is 0 Å². The van der Waals surface area contributed by atoms with Crippen molar-refractivity contribution in [1.29, 1.82) is 0 Å². The molecule has 1 saturated heterocycles. The van der Waals surface area contributed by atoms with Gasteiger partial charge in [0.1, 0.15) is 0 Å². The average molecular weight is 133 g/mol. The molecule has 2 fully saturated rings. The van der Waals surface area contributed by atoms with E-state index >= 15 is 0 Å². The van der Waals surface area contributed by atoms with Gasteiger partial charge in [0, 0.05) is 6.42 Å². The standard InChI is InChI=1S/C6H9F2N/c7-6(8)2-4-1-5(6)9-3-4/h4-5,9H,1-3H2/t4-,5-/m0/s1. The highest BCUT2D eigenvalue weighted by Gasteiger charge is 2.52. The van der Waals surface area contributed by atoms with Crippen LogP contribution in [0.2, 0.25) is 0 Å². The van der Waals surface area contributed by atoms with Gasteiger partial charge in [0.2, 0.25) is 0 Å². The first-order valence-electron chi connectivity index (χ1n) is 3.30. The van der Waals surface area contributed by atoms with Gasteiger partial charge in [-0.3, -0.25) is 0 Å². The number of rotatable bonds is 0. The monoisotopic (exact) mass is 133 g/mol. The van der Waals surface area contributed by atoms with Crippen molar-refractivity contribution in [2.24, 2.45) is 5.92 Å². The Morgan fingerprint density at radius 2 is 2.22 bits per heavy atom. The Labute approximate surface area is 52.4 Å². The number of piperidine rings is 1. The SMILES string of the molecule is FC1(F)C[C@H]2CN[C@H]1C2. The Morgan fingerprint density at radius 1 is 1.44 bits per heavy atom. The summed E-state index contributed by atoms with van der Waals surface area (Å²) >= 11 is 0. The van der Waals surface area contributed by atoms with Gasteiger partial charge in [-0.25, -0.2) is 8.78 Å². The minimum absolute atomic E-state index is 0.116. The van der Waals surface area contributed by atoms with E-state index in [1.165, 1.54) is 0 Å².